The zero-order valence-corrected chi connectivity index (χ0v) is 10.6. The van der Waals surface area contributed by atoms with Crippen molar-refractivity contribution >= 4 is 17.3 Å². The smallest absolute Gasteiger partial charge is 0.162 e. The number of hydrogen-bond acceptors (Lipinski definition) is 3. The first-order chi connectivity index (χ1) is 7.96. The molecule has 17 heavy (non-hydrogen) atoms. The van der Waals surface area contributed by atoms with E-state index >= 15 is 0 Å². The highest BCUT2D eigenvalue weighted by atomic mass is 35.5. The Morgan fingerprint density at radius 2 is 2.00 bits per heavy atom. The molecule has 1 fully saturated rings. The van der Waals surface area contributed by atoms with Gasteiger partial charge in [0.1, 0.15) is 5.82 Å². The van der Waals surface area contributed by atoms with Crippen LogP contribution in [0.15, 0.2) is 18.2 Å². The summed E-state index contributed by atoms with van der Waals surface area (Å²) in [5.41, 5.74) is 0.559. The molecule has 1 aliphatic heterocycles. The predicted octanol–water partition coefficient (Wildman–Crippen LogP) is 3.04. The number of hydrogen-bond donors (Lipinski definition) is 1. The third-order valence-electron chi connectivity index (χ3n) is 2.55. The van der Waals surface area contributed by atoms with E-state index < -0.39 is 5.79 Å². The van der Waals surface area contributed by atoms with Crippen LogP contribution in [-0.2, 0) is 9.47 Å². The van der Waals surface area contributed by atoms with E-state index in [4.69, 9.17) is 21.1 Å². The van der Waals surface area contributed by atoms with Crippen molar-refractivity contribution in [3.8, 4) is 0 Å². The van der Waals surface area contributed by atoms with E-state index in [1.54, 1.807) is 0 Å². The maximum Gasteiger partial charge on any atom is 0.162 e. The number of benzene rings is 1. The van der Waals surface area contributed by atoms with Gasteiger partial charge in [-0.1, -0.05) is 11.6 Å². The third kappa shape index (κ3) is 3.31. The largest absolute Gasteiger partial charge is 0.376 e. The second-order valence-corrected chi connectivity index (χ2v) is 4.89. The van der Waals surface area contributed by atoms with Crippen molar-refractivity contribution in [2.24, 2.45) is 0 Å². The summed E-state index contributed by atoms with van der Waals surface area (Å²) in [6, 6.07) is 4.18. The van der Waals surface area contributed by atoms with Crippen molar-refractivity contribution in [2.75, 3.05) is 18.5 Å². The molecule has 1 aromatic carbocycles. The van der Waals surface area contributed by atoms with E-state index in [1.165, 1.54) is 18.2 Å². The highest BCUT2D eigenvalue weighted by Crippen LogP contribution is 2.25. The average molecular weight is 260 g/mol. The first-order valence-corrected chi connectivity index (χ1v) is 5.83. The number of anilines is 1. The van der Waals surface area contributed by atoms with Gasteiger partial charge in [0.15, 0.2) is 5.79 Å². The summed E-state index contributed by atoms with van der Waals surface area (Å²) < 4.78 is 24.1. The highest BCUT2D eigenvalue weighted by molar-refractivity contribution is 6.33. The fourth-order valence-corrected chi connectivity index (χ4v) is 1.78. The molecule has 3 nitrogen and oxygen atoms in total. The summed E-state index contributed by atoms with van der Waals surface area (Å²) >= 11 is 5.96. The Hall–Kier alpha value is -0.840. The minimum absolute atomic E-state index is 0.0256. The van der Waals surface area contributed by atoms with Crippen LogP contribution in [0.25, 0.3) is 0 Å². The molecule has 1 aromatic rings. The van der Waals surface area contributed by atoms with Crippen LogP contribution in [0.1, 0.15) is 13.8 Å². The SMILES string of the molecule is CC1(C)OCC(Nc2cc(F)ccc2Cl)CO1. The second kappa shape index (κ2) is 4.80. The Morgan fingerprint density at radius 3 is 2.65 bits per heavy atom. The minimum Gasteiger partial charge on any atom is -0.376 e. The van der Waals surface area contributed by atoms with Crippen molar-refractivity contribution in [3.63, 3.8) is 0 Å². The Morgan fingerprint density at radius 1 is 1.35 bits per heavy atom. The van der Waals surface area contributed by atoms with Crippen LogP contribution in [0.3, 0.4) is 0 Å². The van der Waals surface area contributed by atoms with Gasteiger partial charge in [0.2, 0.25) is 0 Å². The molecule has 0 aromatic heterocycles. The Kier molecular flexibility index (Phi) is 3.56. The molecule has 0 spiro atoms. The quantitative estimate of drug-likeness (QED) is 0.886. The Balaban J connectivity index is 2.00. The first kappa shape index (κ1) is 12.6. The van der Waals surface area contributed by atoms with Crippen molar-refractivity contribution in [3.05, 3.63) is 29.0 Å². The van der Waals surface area contributed by atoms with E-state index in [1.807, 2.05) is 13.8 Å². The van der Waals surface area contributed by atoms with E-state index in [9.17, 15) is 4.39 Å². The number of halogens is 2. The van der Waals surface area contributed by atoms with Gasteiger partial charge in [-0.2, -0.15) is 0 Å². The van der Waals surface area contributed by atoms with Crippen molar-refractivity contribution < 1.29 is 13.9 Å². The van der Waals surface area contributed by atoms with E-state index in [0.717, 1.165) is 0 Å². The predicted molar refractivity (Wildman–Crippen MR) is 64.8 cm³/mol. The number of rotatable bonds is 2. The molecule has 0 bridgehead atoms. The van der Waals surface area contributed by atoms with Gasteiger partial charge in [-0.25, -0.2) is 4.39 Å². The first-order valence-electron chi connectivity index (χ1n) is 5.46. The highest BCUT2D eigenvalue weighted by Gasteiger charge is 2.28. The topological polar surface area (TPSA) is 30.5 Å². The van der Waals surface area contributed by atoms with Gasteiger partial charge in [0, 0.05) is 0 Å². The summed E-state index contributed by atoms with van der Waals surface area (Å²) in [6.45, 7) is 4.72. The fourth-order valence-electron chi connectivity index (χ4n) is 1.60. The number of ether oxygens (including phenoxy) is 2. The summed E-state index contributed by atoms with van der Waals surface area (Å²) in [4.78, 5) is 0. The van der Waals surface area contributed by atoms with Gasteiger partial charge >= 0.3 is 0 Å². The van der Waals surface area contributed by atoms with Crippen LogP contribution in [0, 0.1) is 5.82 Å². The molecule has 0 unspecified atom stereocenters. The van der Waals surface area contributed by atoms with Crippen LogP contribution in [0.2, 0.25) is 5.02 Å². The van der Waals surface area contributed by atoms with Crippen LogP contribution in [0.4, 0.5) is 10.1 Å². The van der Waals surface area contributed by atoms with Gasteiger partial charge in [-0.05, 0) is 32.0 Å². The summed E-state index contributed by atoms with van der Waals surface area (Å²) in [7, 11) is 0. The van der Waals surface area contributed by atoms with E-state index in [2.05, 4.69) is 5.32 Å². The van der Waals surface area contributed by atoms with E-state index in [0.29, 0.717) is 23.9 Å². The third-order valence-corrected chi connectivity index (χ3v) is 2.88. The van der Waals surface area contributed by atoms with Gasteiger partial charge in [-0.3, -0.25) is 0 Å². The zero-order chi connectivity index (χ0) is 12.5. The summed E-state index contributed by atoms with van der Waals surface area (Å²) in [6.07, 6.45) is 0. The zero-order valence-electron chi connectivity index (χ0n) is 9.80. The molecule has 0 radical (unpaired) electrons. The van der Waals surface area contributed by atoms with Gasteiger partial charge in [-0.15, -0.1) is 0 Å². The average Bonchev–Trinajstić information content (AvgIpc) is 2.26. The van der Waals surface area contributed by atoms with Crippen molar-refractivity contribution in [1.82, 2.24) is 0 Å². The molecular formula is C12H15ClFNO2. The molecule has 5 heteroatoms. The Labute approximate surface area is 105 Å². The molecule has 1 heterocycles. The summed E-state index contributed by atoms with van der Waals surface area (Å²) in [5, 5.41) is 3.59. The van der Waals surface area contributed by atoms with Crippen molar-refractivity contribution in [2.45, 2.75) is 25.7 Å². The van der Waals surface area contributed by atoms with Crippen molar-refractivity contribution in [1.29, 1.82) is 0 Å². The molecule has 1 N–H and O–H groups in total. The maximum atomic E-state index is 13.1. The van der Waals surface area contributed by atoms with Crippen LogP contribution in [0.5, 0.6) is 0 Å². The molecule has 1 aliphatic rings. The van der Waals surface area contributed by atoms with Gasteiger partial charge in [0.25, 0.3) is 0 Å². The molecule has 0 atom stereocenters. The lowest BCUT2D eigenvalue weighted by Crippen LogP contribution is -2.45. The molecular weight excluding hydrogens is 245 g/mol. The van der Waals surface area contributed by atoms with E-state index in [-0.39, 0.29) is 11.9 Å². The maximum absolute atomic E-state index is 13.1. The van der Waals surface area contributed by atoms with Gasteiger partial charge in [0.05, 0.1) is 30.0 Å². The fraction of sp³-hybridized carbons (Fsp3) is 0.500. The lowest BCUT2D eigenvalue weighted by atomic mass is 10.2. The Bertz CT molecular complexity index is 401. The molecule has 94 valence electrons. The lowest BCUT2D eigenvalue weighted by molar-refractivity contribution is -0.247. The molecule has 2 rings (SSSR count). The summed E-state index contributed by atoms with van der Waals surface area (Å²) in [5.74, 6) is -0.876. The molecule has 0 saturated carbocycles. The second-order valence-electron chi connectivity index (χ2n) is 4.49. The molecule has 0 aliphatic carbocycles. The normalized spacial score (nSPS) is 20.2. The van der Waals surface area contributed by atoms with Gasteiger partial charge < -0.3 is 14.8 Å². The number of nitrogens with one attached hydrogen (secondary N) is 1. The van der Waals surface area contributed by atoms with Crippen LogP contribution in [-0.4, -0.2) is 25.0 Å². The molecule has 0 amide bonds. The monoisotopic (exact) mass is 259 g/mol. The van der Waals surface area contributed by atoms with Crippen LogP contribution >= 0.6 is 11.6 Å². The minimum atomic E-state index is -0.552. The molecule has 1 saturated heterocycles. The standard InChI is InChI=1S/C12H15ClFNO2/c1-12(2)16-6-9(7-17-12)15-11-5-8(14)3-4-10(11)13/h3-5,9,15H,6-7H2,1-2H3. The van der Waals surface area contributed by atoms with Crippen LogP contribution < -0.4 is 5.32 Å². The lowest BCUT2D eigenvalue weighted by Gasteiger charge is -2.35.